The molecule has 1 aliphatic heterocycles. The van der Waals surface area contributed by atoms with Crippen molar-refractivity contribution in [3.8, 4) is 0 Å². The van der Waals surface area contributed by atoms with Gasteiger partial charge >= 0.3 is 0 Å². The minimum Gasteiger partial charge on any atom is -0.373 e. The molecule has 1 heterocycles. The predicted octanol–water partition coefficient (Wildman–Crippen LogP) is 3.26. The Kier molecular flexibility index (Phi) is 7.18. The van der Waals surface area contributed by atoms with Crippen molar-refractivity contribution in [3.63, 3.8) is 0 Å². The summed E-state index contributed by atoms with van der Waals surface area (Å²) in [4.78, 5) is 11.3. The van der Waals surface area contributed by atoms with Gasteiger partial charge in [-0.3, -0.25) is 4.79 Å². The Hall–Kier alpha value is -0.630. The van der Waals surface area contributed by atoms with Crippen molar-refractivity contribution in [2.24, 2.45) is 0 Å². The second kappa shape index (κ2) is 8.66. The molecule has 0 radical (unpaired) electrons. The largest absolute Gasteiger partial charge is 0.373 e. The summed E-state index contributed by atoms with van der Waals surface area (Å²) in [5.41, 5.74) is 0. The second-order valence-electron chi connectivity index (χ2n) is 4.16. The first-order chi connectivity index (χ1) is 7.39. The first kappa shape index (κ1) is 12.4. The van der Waals surface area contributed by atoms with Crippen LogP contribution in [0.1, 0.15) is 51.4 Å². The van der Waals surface area contributed by atoms with E-state index in [4.69, 9.17) is 4.74 Å². The van der Waals surface area contributed by atoms with Gasteiger partial charge in [0.15, 0.2) is 5.78 Å². The number of carbonyl (C=O) groups excluding carboxylic acids is 1. The Labute approximate surface area is 92.7 Å². The number of rotatable bonds is 0. The van der Waals surface area contributed by atoms with E-state index < -0.39 is 0 Å². The number of allylic oxidation sites excluding steroid dienone is 1. The fraction of sp³-hybridized carbons (Fsp3) is 0.769. The number of ketones is 1. The highest BCUT2D eigenvalue weighted by Crippen LogP contribution is 2.08. The van der Waals surface area contributed by atoms with E-state index >= 15 is 0 Å². The maximum atomic E-state index is 11.3. The van der Waals surface area contributed by atoms with Gasteiger partial charge in [-0.1, -0.05) is 31.4 Å². The van der Waals surface area contributed by atoms with E-state index in [1.807, 2.05) is 0 Å². The number of carbonyl (C=O) groups is 1. The molecule has 0 saturated carbocycles. The Morgan fingerprint density at radius 1 is 0.933 bits per heavy atom. The van der Waals surface area contributed by atoms with Crippen LogP contribution in [0.25, 0.3) is 0 Å². The fourth-order valence-electron chi connectivity index (χ4n) is 1.76. The zero-order valence-electron chi connectivity index (χ0n) is 9.54. The molecule has 0 spiro atoms. The molecule has 1 rings (SSSR count). The first-order valence-corrected chi connectivity index (χ1v) is 6.14. The zero-order chi connectivity index (χ0) is 10.8. The van der Waals surface area contributed by atoms with Crippen LogP contribution >= 0.6 is 0 Å². The molecule has 0 amide bonds. The van der Waals surface area contributed by atoms with E-state index in [0.29, 0.717) is 19.6 Å². The number of ether oxygens (including phenoxy) is 1. The van der Waals surface area contributed by atoms with Crippen molar-refractivity contribution >= 4 is 5.78 Å². The second-order valence-corrected chi connectivity index (χ2v) is 4.16. The van der Waals surface area contributed by atoms with Crippen LogP contribution in [0.3, 0.4) is 0 Å². The van der Waals surface area contributed by atoms with Gasteiger partial charge in [0.05, 0.1) is 6.61 Å². The lowest BCUT2D eigenvalue weighted by Gasteiger charge is -2.04. The van der Waals surface area contributed by atoms with Crippen molar-refractivity contribution in [1.82, 2.24) is 0 Å². The third-order valence-electron chi connectivity index (χ3n) is 2.68. The first-order valence-electron chi connectivity index (χ1n) is 6.14. The molecular formula is C13H22O2. The molecule has 0 aromatic carbocycles. The average Bonchev–Trinajstić information content (AvgIpc) is 2.24. The SMILES string of the molecule is O=C1CCCCCCC/C=C\CCOC1. The monoisotopic (exact) mass is 210 g/mol. The lowest BCUT2D eigenvalue weighted by molar-refractivity contribution is -0.123. The Morgan fingerprint density at radius 2 is 1.67 bits per heavy atom. The molecule has 0 aromatic rings. The summed E-state index contributed by atoms with van der Waals surface area (Å²) in [6.07, 6.45) is 13.3. The topological polar surface area (TPSA) is 26.3 Å². The number of Topliss-reactive ketones (excluding diaryl/α,β-unsaturated/α-hetero) is 1. The van der Waals surface area contributed by atoms with Gasteiger partial charge in [0.25, 0.3) is 0 Å². The summed E-state index contributed by atoms with van der Waals surface area (Å²) >= 11 is 0. The molecule has 2 heteroatoms. The van der Waals surface area contributed by atoms with Gasteiger partial charge in [-0.2, -0.15) is 0 Å². The molecule has 0 aromatic heterocycles. The molecule has 0 bridgehead atoms. The van der Waals surface area contributed by atoms with E-state index in [1.54, 1.807) is 0 Å². The zero-order valence-corrected chi connectivity index (χ0v) is 9.54. The van der Waals surface area contributed by atoms with Crippen molar-refractivity contribution in [2.45, 2.75) is 51.4 Å². The molecule has 0 N–H and O–H groups in total. The predicted molar refractivity (Wildman–Crippen MR) is 61.9 cm³/mol. The Bertz CT molecular complexity index is 197. The third kappa shape index (κ3) is 7.32. The van der Waals surface area contributed by atoms with Crippen LogP contribution in [0.2, 0.25) is 0 Å². The molecule has 2 nitrogen and oxygen atoms in total. The maximum Gasteiger partial charge on any atom is 0.158 e. The van der Waals surface area contributed by atoms with Gasteiger partial charge in [-0.25, -0.2) is 0 Å². The van der Waals surface area contributed by atoms with E-state index in [-0.39, 0.29) is 5.78 Å². The van der Waals surface area contributed by atoms with Crippen LogP contribution in [0.15, 0.2) is 12.2 Å². The minimum absolute atomic E-state index is 0.260. The summed E-state index contributed by atoms with van der Waals surface area (Å²) in [6.45, 7) is 0.996. The van der Waals surface area contributed by atoms with Gasteiger partial charge in [0.2, 0.25) is 0 Å². The number of hydrogen-bond acceptors (Lipinski definition) is 2. The molecule has 0 unspecified atom stereocenters. The molecule has 0 fully saturated rings. The van der Waals surface area contributed by atoms with E-state index in [0.717, 1.165) is 12.8 Å². The average molecular weight is 210 g/mol. The van der Waals surface area contributed by atoms with Crippen molar-refractivity contribution in [3.05, 3.63) is 12.2 Å². The molecule has 0 atom stereocenters. The summed E-state index contributed by atoms with van der Waals surface area (Å²) < 4.78 is 5.29. The Morgan fingerprint density at radius 3 is 2.60 bits per heavy atom. The van der Waals surface area contributed by atoms with Crippen LogP contribution in [-0.2, 0) is 9.53 Å². The third-order valence-corrected chi connectivity index (χ3v) is 2.68. The molecule has 1 aliphatic rings. The Balaban J connectivity index is 2.21. The molecule has 86 valence electrons. The standard InChI is InChI=1S/C13H22O2/c14-13-10-8-6-4-2-1-3-5-7-9-11-15-12-13/h5,7H,1-4,6,8-12H2/b7-5-. The van der Waals surface area contributed by atoms with Gasteiger partial charge in [0, 0.05) is 6.42 Å². The molecule has 15 heavy (non-hydrogen) atoms. The fourth-order valence-corrected chi connectivity index (χ4v) is 1.76. The summed E-state index contributed by atoms with van der Waals surface area (Å²) in [5.74, 6) is 0.260. The van der Waals surface area contributed by atoms with Crippen LogP contribution in [0, 0.1) is 0 Å². The highest BCUT2D eigenvalue weighted by atomic mass is 16.5. The van der Waals surface area contributed by atoms with Gasteiger partial charge in [-0.15, -0.1) is 0 Å². The number of hydrogen-bond donors (Lipinski definition) is 0. The van der Waals surface area contributed by atoms with Crippen molar-refractivity contribution in [2.75, 3.05) is 13.2 Å². The van der Waals surface area contributed by atoms with Crippen LogP contribution < -0.4 is 0 Å². The van der Waals surface area contributed by atoms with Crippen LogP contribution in [-0.4, -0.2) is 19.0 Å². The molecular weight excluding hydrogens is 188 g/mol. The maximum absolute atomic E-state index is 11.3. The highest BCUT2D eigenvalue weighted by molar-refractivity contribution is 5.79. The lowest BCUT2D eigenvalue weighted by atomic mass is 10.1. The normalized spacial score (nSPS) is 24.4. The van der Waals surface area contributed by atoms with Crippen LogP contribution in [0.4, 0.5) is 0 Å². The quantitative estimate of drug-likeness (QED) is 0.574. The molecule has 0 saturated heterocycles. The van der Waals surface area contributed by atoms with Crippen molar-refractivity contribution < 1.29 is 9.53 Å². The van der Waals surface area contributed by atoms with E-state index in [2.05, 4.69) is 12.2 Å². The molecule has 0 aliphatic carbocycles. The summed E-state index contributed by atoms with van der Waals surface area (Å²) in [5, 5.41) is 0. The van der Waals surface area contributed by atoms with Crippen LogP contribution in [0.5, 0.6) is 0 Å². The van der Waals surface area contributed by atoms with Gasteiger partial charge in [-0.05, 0) is 25.7 Å². The highest BCUT2D eigenvalue weighted by Gasteiger charge is 2.01. The van der Waals surface area contributed by atoms with Gasteiger partial charge < -0.3 is 4.74 Å². The van der Waals surface area contributed by atoms with Gasteiger partial charge in [0.1, 0.15) is 6.61 Å². The summed E-state index contributed by atoms with van der Waals surface area (Å²) in [7, 11) is 0. The smallest absolute Gasteiger partial charge is 0.158 e. The lowest BCUT2D eigenvalue weighted by Crippen LogP contribution is -2.09. The minimum atomic E-state index is 0.260. The summed E-state index contributed by atoms with van der Waals surface area (Å²) in [6, 6.07) is 0. The van der Waals surface area contributed by atoms with Crippen molar-refractivity contribution in [1.29, 1.82) is 0 Å². The van der Waals surface area contributed by atoms with E-state index in [1.165, 1.54) is 32.1 Å². The van der Waals surface area contributed by atoms with E-state index in [9.17, 15) is 4.79 Å².